The van der Waals surface area contributed by atoms with E-state index in [-0.39, 0.29) is 23.4 Å². The molecule has 0 unspecified atom stereocenters. The Kier molecular flexibility index (Phi) is 5.38. The first-order chi connectivity index (χ1) is 9.23. The minimum atomic E-state index is -4.86. The molecule has 0 radical (unpaired) electrons. The Balaban J connectivity index is 2.85. The first kappa shape index (κ1) is 16.3. The molecule has 110 valence electrons. The molecule has 0 aliphatic carbocycles. The largest absolute Gasteiger partial charge is 0.573 e. The second-order valence-electron chi connectivity index (χ2n) is 3.69. The number of halogens is 4. The molecule has 0 atom stereocenters. The lowest BCUT2D eigenvalue weighted by atomic mass is 10.1. The first-order valence-corrected chi connectivity index (χ1v) is 5.76. The Morgan fingerprint density at radius 3 is 2.45 bits per heavy atom. The molecule has 1 aromatic rings. The number of methoxy groups -OCH3 is 1. The number of hydrogen-bond acceptors (Lipinski definition) is 4. The Hall–Kier alpha value is -1.76. The SMILES string of the molecule is COC(=O)CCC(=O)c1cc(OC(F)(F)F)ccc1Cl. The van der Waals surface area contributed by atoms with E-state index in [0.717, 1.165) is 25.3 Å². The molecule has 8 heteroatoms. The maximum absolute atomic E-state index is 12.1. The zero-order chi connectivity index (χ0) is 15.3. The van der Waals surface area contributed by atoms with Gasteiger partial charge in [0.1, 0.15) is 5.75 Å². The van der Waals surface area contributed by atoms with E-state index in [9.17, 15) is 22.8 Å². The zero-order valence-electron chi connectivity index (χ0n) is 10.3. The second-order valence-corrected chi connectivity index (χ2v) is 4.10. The maximum atomic E-state index is 12.1. The summed E-state index contributed by atoms with van der Waals surface area (Å²) in [6.45, 7) is 0. The summed E-state index contributed by atoms with van der Waals surface area (Å²) in [5.74, 6) is -1.73. The van der Waals surface area contributed by atoms with Gasteiger partial charge < -0.3 is 9.47 Å². The quantitative estimate of drug-likeness (QED) is 0.618. The highest BCUT2D eigenvalue weighted by Gasteiger charge is 2.31. The van der Waals surface area contributed by atoms with E-state index in [2.05, 4.69) is 9.47 Å². The minimum Gasteiger partial charge on any atom is -0.469 e. The predicted octanol–water partition coefficient (Wildman–Crippen LogP) is 3.37. The number of rotatable bonds is 5. The van der Waals surface area contributed by atoms with Gasteiger partial charge in [-0.25, -0.2) is 0 Å². The van der Waals surface area contributed by atoms with Gasteiger partial charge in [0.15, 0.2) is 5.78 Å². The first-order valence-electron chi connectivity index (χ1n) is 5.38. The van der Waals surface area contributed by atoms with Crippen LogP contribution in [0.3, 0.4) is 0 Å². The third kappa shape index (κ3) is 5.08. The van der Waals surface area contributed by atoms with Crippen molar-refractivity contribution >= 4 is 23.4 Å². The normalized spacial score (nSPS) is 11.1. The number of esters is 1. The number of ketones is 1. The van der Waals surface area contributed by atoms with Gasteiger partial charge in [-0.05, 0) is 18.2 Å². The van der Waals surface area contributed by atoms with Crippen LogP contribution in [0, 0.1) is 0 Å². The predicted molar refractivity (Wildman–Crippen MR) is 63.7 cm³/mol. The third-order valence-electron chi connectivity index (χ3n) is 2.26. The number of benzene rings is 1. The van der Waals surface area contributed by atoms with Crippen LogP contribution < -0.4 is 4.74 Å². The van der Waals surface area contributed by atoms with Gasteiger partial charge in [0.2, 0.25) is 0 Å². The molecule has 0 saturated carbocycles. The number of hydrogen-bond donors (Lipinski definition) is 0. The Bertz CT molecular complexity index is 514. The van der Waals surface area contributed by atoms with E-state index < -0.39 is 23.9 Å². The van der Waals surface area contributed by atoms with E-state index in [1.165, 1.54) is 0 Å². The molecule has 20 heavy (non-hydrogen) atoms. The van der Waals surface area contributed by atoms with Crippen molar-refractivity contribution in [2.75, 3.05) is 7.11 Å². The van der Waals surface area contributed by atoms with Gasteiger partial charge in [0, 0.05) is 12.0 Å². The molecular weight excluding hydrogens is 301 g/mol. The minimum absolute atomic E-state index is 0.0191. The summed E-state index contributed by atoms with van der Waals surface area (Å²) in [5, 5.41) is -0.0191. The van der Waals surface area contributed by atoms with Crippen molar-refractivity contribution in [2.24, 2.45) is 0 Å². The molecule has 1 rings (SSSR count). The van der Waals surface area contributed by atoms with Gasteiger partial charge in [0.25, 0.3) is 0 Å². The maximum Gasteiger partial charge on any atom is 0.573 e. The van der Waals surface area contributed by atoms with Gasteiger partial charge in [-0.2, -0.15) is 0 Å². The van der Waals surface area contributed by atoms with Crippen LogP contribution in [0.1, 0.15) is 23.2 Å². The molecule has 0 fully saturated rings. The average Bonchev–Trinajstić information content (AvgIpc) is 2.36. The molecule has 0 bridgehead atoms. The summed E-state index contributed by atoms with van der Waals surface area (Å²) in [5.41, 5.74) is -0.141. The lowest BCUT2D eigenvalue weighted by Gasteiger charge is -2.10. The van der Waals surface area contributed by atoms with E-state index in [0.29, 0.717) is 0 Å². The fourth-order valence-corrected chi connectivity index (χ4v) is 1.59. The van der Waals surface area contributed by atoms with E-state index in [1.807, 2.05) is 0 Å². The van der Waals surface area contributed by atoms with Crippen LogP contribution in [0.15, 0.2) is 18.2 Å². The Morgan fingerprint density at radius 1 is 1.25 bits per heavy atom. The summed E-state index contributed by atoms with van der Waals surface area (Å²) in [6, 6.07) is 3.00. The molecule has 0 heterocycles. The third-order valence-corrected chi connectivity index (χ3v) is 2.59. The fourth-order valence-electron chi connectivity index (χ4n) is 1.37. The highest BCUT2D eigenvalue weighted by molar-refractivity contribution is 6.34. The van der Waals surface area contributed by atoms with Gasteiger partial charge in [-0.15, -0.1) is 13.2 Å². The Morgan fingerprint density at radius 2 is 1.90 bits per heavy atom. The molecule has 0 saturated heterocycles. The van der Waals surface area contributed by atoms with E-state index in [1.54, 1.807) is 0 Å². The average molecular weight is 311 g/mol. The van der Waals surface area contributed by atoms with Crippen molar-refractivity contribution < 1.29 is 32.2 Å². The number of carbonyl (C=O) groups excluding carboxylic acids is 2. The smallest absolute Gasteiger partial charge is 0.469 e. The highest BCUT2D eigenvalue weighted by Crippen LogP contribution is 2.28. The summed E-state index contributed by atoms with van der Waals surface area (Å²) in [7, 11) is 1.16. The van der Waals surface area contributed by atoms with Crippen LogP contribution in [0.2, 0.25) is 5.02 Å². The van der Waals surface area contributed by atoms with Gasteiger partial charge >= 0.3 is 12.3 Å². The van der Waals surface area contributed by atoms with Crippen LogP contribution in [0.25, 0.3) is 0 Å². The standard InChI is InChI=1S/C12H10ClF3O4/c1-19-11(18)5-4-10(17)8-6-7(2-3-9(8)13)20-12(14,15)16/h2-3,6H,4-5H2,1H3. The zero-order valence-corrected chi connectivity index (χ0v) is 11.0. The summed E-state index contributed by atoms with van der Waals surface area (Å²) < 4.78 is 44.3. The van der Waals surface area contributed by atoms with Crippen molar-refractivity contribution in [3.05, 3.63) is 28.8 Å². The van der Waals surface area contributed by atoms with Crippen molar-refractivity contribution in [3.8, 4) is 5.75 Å². The molecule has 0 N–H and O–H groups in total. The van der Waals surface area contributed by atoms with Crippen molar-refractivity contribution in [1.29, 1.82) is 0 Å². The van der Waals surface area contributed by atoms with E-state index >= 15 is 0 Å². The number of ether oxygens (including phenoxy) is 2. The number of carbonyl (C=O) groups is 2. The van der Waals surface area contributed by atoms with Crippen molar-refractivity contribution in [3.63, 3.8) is 0 Å². The van der Waals surface area contributed by atoms with Gasteiger partial charge in [-0.3, -0.25) is 9.59 Å². The molecule has 0 aliphatic heterocycles. The molecule has 0 spiro atoms. The molecule has 0 amide bonds. The monoisotopic (exact) mass is 310 g/mol. The number of Topliss-reactive ketones (excluding diaryl/α,β-unsaturated/α-hetero) is 1. The van der Waals surface area contributed by atoms with Crippen LogP contribution >= 0.6 is 11.6 Å². The van der Waals surface area contributed by atoms with Gasteiger partial charge in [-0.1, -0.05) is 11.6 Å². The van der Waals surface area contributed by atoms with Crippen molar-refractivity contribution in [1.82, 2.24) is 0 Å². The lowest BCUT2D eigenvalue weighted by Crippen LogP contribution is -2.17. The molecule has 0 aliphatic rings. The summed E-state index contributed by atoms with van der Waals surface area (Å²) in [4.78, 5) is 22.7. The van der Waals surface area contributed by atoms with Crippen LogP contribution in [0.5, 0.6) is 5.75 Å². The van der Waals surface area contributed by atoms with Gasteiger partial charge in [0.05, 0.1) is 18.6 Å². The van der Waals surface area contributed by atoms with Crippen LogP contribution in [-0.2, 0) is 9.53 Å². The topological polar surface area (TPSA) is 52.6 Å². The fraction of sp³-hybridized carbons (Fsp3) is 0.333. The lowest BCUT2D eigenvalue weighted by molar-refractivity contribution is -0.274. The highest BCUT2D eigenvalue weighted by atomic mass is 35.5. The Labute approximate surface area is 117 Å². The van der Waals surface area contributed by atoms with Crippen LogP contribution in [0.4, 0.5) is 13.2 Å². The number of alkyl halides is 3. The van der Waals surface area contributed by atoms with Crippen molar-refractivity contribution in [2.45, 2.75) is 19.2 Å². The summed E-state index contributed by atoms with van der Waals surface area (Å²) >= 11 is 5.74. The van der Waals surface area contributed by atoms with E-state index in [4.69, 9.17) is 11.6 Å². The molecule has 1 aromatic carbocycles. The summed E-state index contributed by atoms with van der Waals surface area (Å²) in [6.07, 6.45) is -5.27. The second kappa shape index (κ2) is 6.60. The molecule has 4 nitrogen and oxygen atoms in total. The van der Waals surface area contributed by atoms with Crippen LogP contribution in [-0.4, -0.2) is 25.2 Å². The molecule has 0 aromatic heterocycles. The molecular formula is C12H10ClF3O4.